The first-order chi connectivity index (χ1) is 11.2. The molecule has 0 spiro atoms. The molecule has 0 bridgehead atoms. The molecule has 6 heteroatoms. The number of nitrogens with zero attached hydrogens (tertiary/aromatic N) is 2. The number of nitriles is 1. The van der Waals surface area contributed by atoms with Gasteiger partial charge in [-0.2, -0.15) is 18.4 Å². The summed E-state index contributed by atoms with van der Waals surface area (Å²) in [7, 11) is 1.67. The normalized spacial score (nSPS) is 11.0. The van der Waals surface area contributed by atoms with E-state index in [1.165, 1.54) is 13.0 Å². The van der Waals surface area contributed by atoms with Crippen molar-refractivity contribution in [1.82, 2.24) is 0 Å². The van der Waals surface area contributed by atoms with Gasteiger partial charge in [0.25, 0.3) is 0 Å². The first kappa shape index (κ1) is 17.5. The molecular weight excluding hydrogens is 317 g/mol. The molecule has 0 N–H and O–H groups in total. The van der Waals surface area contributed by atoms with Gasteiger partial charge in [-0.1, -0.05) is 12.1 Å². The predicted molar refractivity (Wildman–Crippen MR) is 84.7 cm³/mol. The van der Waals surface area contributed by atoms with Crippen molar-refractivity contribution in [3.8, 4) is 6.07 Å². The molecule has 0 amide bonds. The first-order valence-corrected chi connectivity index (χ1v) is 7.14. The quantitative estimate of drug-likeness (QED) is 0.779. The molecule has 0 saturated heterocycles. The maximum atomic E-state index is 12.8. The third-order valence-electron chi connectivity index (χ3n) is 3.59. The number of rotatable bonds is 4. The van der Waals surface area contributed by atoms with Gasteiger partial charge in [0.1, 0.15) is 0 Å². The lowest BCUT2D eigenvalue weighted by atomic mass is 10.0. The van der Waals surface area contributed by atoms with Crippen LogP contribution < -0.4 is 4.90 Å². The summed E-state index contributed by atoms with van der Waals surface area (Å²) in [4.78, 5) is 13.4. The van der Waals surface area contributed by atoms with Gasteiger partial charge in [-0.05, 0) is 42.8 Å². The lowest BCUT2D eigenvalue weighted by molar-refractivity contribution is -0.137. The molecule has 2 aromatic rings. The molecule has 0 aromatic heterocycles. The molecule has 0 fully saturated rings. The van der Waals surface area contributed by atoms with Crippen molar-refractivity contribution in [2.24, 2.45) is 0 Å². The zero-order valence-electron chi connectivity index (χ0n) is 13.2. The van der Waals surface area contributed by atoms with E-state index in [9.17, 15) is 18.0 Å². The summed E-state index contributed by atoms with van der Waals surface area (Å²) in [6, 6.07) is 11.7. The van der Waals surface area contributed by atoms with E-state index in [0.29, 0.717) is 22.4 Å². The summed E-state index contributed by atoms with van der Waals surface area (Å²) in [6.07, 6.45) is -4.40. The molecule has 0 aliphatic heterocycles. The van der Waals surface area contributed by atoms with E-state index in [1.807, 2.05) is 6.07 Å². The van der Waals surface area contributed by atoms with Crippen LogP contribution in [0.25, 0.3) is 0 Å². The summed E-state index contributed by atoms with van der Waals surface area (Å²) in [5, 5.41) is 9.01. The molecule has 0 aliphatic rings. The molecule has 2 rings (SSSR count). The second kappa shape index (κ2) is 6.75. The minimum absolute atomic E-state index is 0.176. The van der Waals surface area contributed by atoms with Gasteiger partial charge >= 0.3 is 6.18 Å². The van der Waals surface area contributed by atoms with E-state index in [-0.39, 0.29) is 12.3 Å². The second-order valence-electron chi connectivity index (χ2n) is 5.45. The molecule has 0 atom stereocenters. The van der Waals surface area contributed by atoms with Gasteiger partial charge in [-0.3, -0.25) is 4.79 Å². The largest absolute Gasteiger partial charge is 0.416 e. The standard InChI is InChI=1S/C18H15F3N2O/c1-12(24)16-7-6-13(10-22)9-17(16)23(2)11-14-4-3-5-15(8-14)18(19,20)21/h3-9H,11H2,1-2H3. The molecule has 0 radical (unpaired) electrons. The van der Waals surface area contributed by atoms with Crippen LogP contribution in [0, 0.1) is 11.3 Å². The van der Waals surface area contributed by atoms with Crippen molar-refractivity contribution < 1.29 is 18.0 Å². The van der Waals surface area contributed by atoms with Crippen molar-refractivity contribution in [3.05, 3.63) is 64.7 Å². The average molecular weight is 332 g/mol. The van der Waals surface area contributed by atoms with Crippen molar-refractivity contribution in [2.75, 3.05) is 11.9 Å². The van der Waals surface area contributed by atoms with Crippen LogP contribution in [0.5, 0.6) is 0 Å². The maximum Gasteiger partial charge on any atom is 0.416 e. The van der Waals surface area contributed by atoms with Crippen molar-refractivity contribution in [3.63, 3.8) is 0 Å². The smallest absolute Gasteiger partial charge is 0.370 e. The highest BCUT2D eigenvalue weighted by Gasteiger charge is 2.30. The van der Waals surface area contributed by atoms with Crippen LogP contribution in [0.1, 0.15) is 34.0 Å². The summed E-state index contributed by atoms with van der Waals surface area (Å²) in [5.74, 6) is -0.176. The monoisotopic (exact) mass is 332 g/mol. The fourth-order valence-electron chi connectivity index (χ4n) is 2.42. The number of ketones is 1. The van der Waals surface area contributed by atoms with Gasteiger partial charge in [0, 0.05) is 24.8 Å². The molecule has 0 saturated carbocycles. The van der Waals surface area contributed by atoms with E-state index in [4.69, 9.17) is 5.26 Å². The Labute approximate surface area is 137 Å². The lowest BCUT2D eigenvalue weighted by Gasteiger charge is -2.22. The second-order valence-corrected chi connectivity index (χ2v) is 5.45. The maximum absolute atomic E-state index is 12.8. The number of carbonyl (C=O) groups excluding carboxylic acids is 1. The van der Waals surface area contributed by atoms with E-state index in [1.54, 1.807) is 36.2 Å². The molecule has 0 aliphatic carbocycles. The molecule has 24 heavy (non-hydrogen) atoms. The highest BCUT2D eigenvalue weighted by atomic mass is 19.4. The third-order valence-corrected chi connectivity index (χ3v) is 3.59. The minimum Gasteiger partial charge on any atom is -0.370 e. The molecule has 0 unspecified atom stereocenters. The summed E-state index contributed by atoms with van der Waals surface area (Å²) >= 11 is 0. The fourth-order valence-corrected chi connectivity index (χ4v) is 2.42. The Hall–Kier alpha value is -2.81. The van der Waals surface area contributed by atoms with E-state index < -0.39 is 11.7 Å². The minimum atomic E-state index is -4.40. The number of hydrogen-bond acceptors (Lipinski definition) is 3. The summed E-state index contributed by atoms with van der Waals surface area (Å²) < 4.78 is 38.4. The summed E-state index contributed by atoms with van der Waals surface area (Å²) in [5.41, 5.74) is 1.06. The van der Waals surface area contributed by atoms with Crippen molar-refractivity contribution in [1.29, 1.82) is 5.26 Å². The molecular formula is C18H15F3N2O. The number of hydrogen-bond donors (Lipinski definition) is 0. The lowest BCUT2D eigenvalue weighted by Crippen LogP contribution is -2.19. The van der Waals surface area contributed by atoms with Crippen LogP contribution in [-0.2, 0) is 12.7 Å². The summed E-state index contributed by atoms with van der Waals surface area (Å²) in [6.45, 7) is 1.59. The average Bonchev–Trinajstić information content (AvgIpc) is 2.53. The Kier molecular flexibility index (Phi) is 4.93. The number of halogens is 3. The first-order valence-electron chi connectivity index (χ1n) is 7.14. The van der Waals surface area contributed by atoms with Gasteiger partial charge in [0.15, 0.2) is 5.78 Å². The molecule has 124 valence electrons. The van der Waals surface area contributed by atoms with Gasteiger partial charge in [-0.25, -0.2) is 0 Å². The van der Waals surface area contributed by atoms with Crippen LogP contribution in [0.15, 0.2) is 42.5 Å². The van der Waals surface area contributed by atoms with Gasteiger partial charge in [-0.15, -0.1) is 0 Å². The van der Waals surface area contributed by atoms with E-state index >= 15 is 0 Å². The third kappa shape index (κ3) is 3.93. The Morgan fingerprint density at radius 2 is 1.92 bits per heavy atom. The zero-order valence-corrected chi connectivity index (χ0v) is 13.2. The van der Waals surface area contributed by atoms with Crippen LogP contribution in [0.2, 0.25) is 0 Å². The van der Waals surface area contributed by atoms with Crippen molar-refractivity contribution >= 4 is 11.5 Å². The predicted octanol–water partition coefficient (Wildman–Crippen LogP) is 4.42. The van der Waals surface area contributed by atoms with Crippen LogP contribution in [0.3, 0.4) is 0 Å². The van der Waals surface area contributed by atoms with Gasteiger partial charge in [0.2, 0.25) is 0 Å². The van der Waals surface area contributed by atoms with E-state index in [0.717, 1.165) is 12.1 Å². The number of anilines is 1. The van der Waals surface area contributed by atoms with Crippen LogP contribution in [0.4, 0.5) is 18.9 Å². The fraction of sp³-hybridized carbons (Fsp3) is 0.222. The van der Waals surface area contributed by atoms with Crippen LogP contribution in [-0.4, -0.2) is 12.8 Å². The number of carbonyl (C=O) groups is 1. The Morgan fingerprint density at radius 3 is 2.50 bits per heavy atom. The van der Waals surface area contributed by atoms with Crippen LogP contribution >= 0.6 is 0 Å². The molecule has 2 aromatic carbocycles. The molecule has 0 heterocycles. The Bertz CT molecular complexity index is 807. The SMILES string of the molecule is CC(=O)c1ccc(C#N)cc1N(C)Cc1cccc(C(F)(F)F)c1. The highest BCUT2D eigenvalue weighted by Crippen LogP contribution is 2.30. The Balaban J connectivity index is 2.35. The highest BCUT2D eigenvalue weighted by molar-refractivity contribution is 6.00. The number of Topliss-reactive ketones (excluding diaryl/α,β-unsaturated/α-hetero) is 1. The number of alkyl halides is 3. The topological polar surface area (TPSA) is 44.1 Å². The Morgan fingerprint density at radius 1 is 1.21 bits per heavy atom. The van der Waals surface area contributed by atoms with Gasteiger partial charge in [0.05, 0.1) is 17.2 Å². The molecule has 3 nitrogen and oxygen atoms in total. The van der Waals surface area contributed by atoms with Crippen molar-refractivity contribution in [2.45, 2.75) is 19.6 Å². The van der Waals surface area contributed by atoms with Gasteiger partial charge < -0.3 is 4.90 Å². The number of benzene rings is 2. The van der Waals surface area contributed by atoms with E-state index in [2.05, 4.69) is 0 Å². The zero-order chi connectivity index (χ0) is 17.9.